The van der Waals surface area contributed by atoms with E-state index in [2.05, 4.69) is 35.3 Å². The second-order valence-corrected chi connectivity index (χ2v) is 7.07. The molecule has 146 valence electrons. The minimum atomic E-state index is 0.557. The lowest BCUT2D eigenvalue weighted by atomic mass is 10.0. The van der Waals surface area contributed by atoms with Gasteiger partial charge in [-0.25, -0.2) is 0 Å². The molecule has 0 saturated carbocycles. The smallest absolute Gasteiger partial charge is 0.0702 e. The molecule has 2 aromatic heterocycles. The molecule has 0 aliphatic carbocycles. The van der Waals surface area contributed by atoms with Crippen molar-refractivity contribution in [3.8, 4) is 33.6 Å². The van der Waals surface area contributed by atoms with Crippen molar-refractivity contribution in [2.45, 2.75) is 0 Å². The fourth-order valence-electron chi connectivity index (χ4n) is 3.18. The molecule has 30 heavy (non-hydrogen) atoms. The average Bonchev–Trinajstić information content (AvgIpc) is 2.79. The number of nitrogens with two attached hydrogens (primary N) is 2. The third-order valence-corrected chi connectivity index (χ3v) is 4.96. The van der Waals surface area contributed by atoms with Crippen LogP contribution < -0.4 is 11.5 Å². The first-order valence-electron chi connectivity index (χ1n) is 9.54. The predicted octanol–water partition coefficient (Wildman–Crippen LogP) is 5.34. The van der Waals surface area contributed by atoms with Gasteiger partial charge in [0.15, 0.2) is 0 Å². The molecule has 0 amide bonds. The fraction of sp³-hybridized carbons (Fsp3) is 0. The maximum atomic E-state index is 5.73. The molecule has 4 heteroatoms. The van der Waals surface area contributed by atoms with E-state index in [-0.39, 0.29) is 0 Å². The van der Waals surface area contributed by atoms with Crippen molar-refractivity contribution in [3.05, 3.63) is 109 Å². The Morgan fingerprint density at radius 3 is 1.10 bits per heavy atom. The van der Waals surface area contributed by atoms with E-state index < -0.39 is 0 Å². The first kappa shape index (κ1) is 19.2. The molecule has 0 saturated heterocycles. The highest BCUT2D eigenvalue weighted by Gasteiger charge is 2.05. The summed E-state index contributed by atoms with van der Waals surface area (Å²) in [5.41, 5.74) is 20.3. The quantitative estimate of drug-likeness (QED) is 0.482. The van der Waals surface area contributed by atoms with E-state index in [4.69, 9.17) is 11.5 Å². The van der Waals surface area contributed by atoms with Gasteiger partial charge in [-0.2, -0.15) is 0 Å². The van der Waals surface area contributed by atoms with Crippen LogP contribution in [0.25, 0.3) is 45.0 Å². The summed E-state index contributed by atoms with van der Waals surface area (Å²) in [5, 5.41) is 0. The van der Waals surface area contributed by atoms with Crippen molar-refractivity contribution in [1.82, 2.24) is 9.97 Å². The molecular weight excluding hydrogens is 368 g/mol. The molecule has 0 aliphatic rings. The monoisotopic (exact) mass is 390 g/mol. The lowest BCUT2D eigenvalue weighted by molar-refractivity contribution is 1.29. The van der Waals surface area contributed by atoms with Gasteiger partial charge in [-0.3, -0.25) is 9.97 Å². The topological polar surface area (TPSA) is 77.8 Å². The number of benzene rings is 2. The summed E-state index contributed by atoms with van der Waals surface area (Å²) < 4.78 is 0. The third-order valence-electron chi connectivity index (χ3n) is 4.96. The lowest BCUT2D eigenvalue weighted by Crippen LogP contribution is -1.94. The molecule has 4 nitrogen and oxygen atoms in total. The molecular formula is C26H22N4. The zero-order valence-corrected chi connectivity index (χ0v) is 16.5. The fourth-order valence-corrected chi connectivity index (χ4v) is 3.18. The molecule has 0 radical (unpaired) electrons. The Morgan fingerprint density at radius 1 is 0.500 bits per heavy atom. The van der Waals surface area contributed by atoms with Gasteiger partial charge in [0.1, 0.15) is 0 Å². The van der Waals surface area contributed by atoms with Crippen LogP contribution in [0.3, 0.4) is 0 Å². The van der Waals surface area contributed by atoms with Crippen LogP contribution in [0, 0.1) is 0 Å². The van der Waals surface area contributed by atoms with E-state index in [1.165, 1.54) is 0 Å². The summed E-state index contributed by atoms with van der Waals surface area (Å²) in [6, 6.07) is 23.9. The highest BCUT2D eigenvalue weighted by molar-refractivity contribution is 5.71. The normalized spacial score (nSPS) is 10.5. The SMILES string of the molecule is C=C(N)c1ccc(-c2ccc(-c3ccc(-c4ccc(C(=C)N)cc4)nc3)cn2)cc1. The van der Waals surface area contributed by atoms with Crippen molar-refractivity contribution in [1.29, 1.82) is 0 Å². The van der Waals surface area contributed by atoms with Crippen LogP contribution in [0.1, 0.15) is 11.1 Å². The van der Waals surface area contributed by atoms with E-state index >= 15 is 0 Å². The van der Waals surface area contributed by atoms with Crippen LogP contribution in [0.15, 0.2) is 98.3 Å². The first-order valence-corrected chi connectivity index (χ1v) is 9.54. The maximum absolute atomic E-state index is 5.73. The standard InChI is InChI=1S/C26H22N4/c1-17(27)19-3-7-21(8-4-19)25-13-11-23(15-29-25)24-12-14-26(30-16-24)22-9-5-20(6-10-22)18(2)28/h3-16H,1-2,27-28H2. The van der Waals surface area contributed by atoms with Crippen LogP contribution in [0.4, 0.5) is 0 Å². The van der Waals surface area contributed by atoms with Crippen molar-refractivity contribution >= 4 is 11.4 Å². The van der Waals surface area contributed by atoms with Gasteiger partial charge in [-0.15, -0.1) is 0 Å². The number of rotatable bonds is 5. The zero-order chi connectivity index (χ0) is 21.1. The molecule has 4 N–H and O–H groups in total. The molecule has 4 rings (SSSR count). The number of aromatic nitrogens is 2. The third kappa shape index (κ3) is 3.98. The second-order valence-electron chi connectivity index (χ2n) is 7.07. The zero-order valence-electron chi connectivity index (χ0n) is 16.5. The molecule has 2 heterocycles. The summed E-state index contributed by atoms with van der Waals surface area (Å²) in [6.45, 7) is 7.51. The molecule has 4 aromatic rings. The Kier molecular flexibility index (Phi) is 5.14. The van der Waals surface area contributed by atoms with Crippen LogP contribution in [-0.4, -0.2) is 9.97 Å². The highest BCUT2D eigenvalue weighted by Crippen LogP contribution is 2.25. The Bertz CT molecular complexity index is 1090. The lowest BCUT2D eigenvalue weighted by Gasteiger charge is -2.07. The number of hydrogen-bond acceptors (Lipinski definition) is 4. The Hall–Kier alpha value is -4.18. The van der Waals surface area contributed by atoms with Gasteiger partial charge in [0.25, 0.3) is 0 Å². The molecule has 0 aliphatic heterocycles. The summed E-state index contributed by atoms with van der Waals surface area (Å²) in [7, 11) is 0. The van der Waals surface area contributed by atoms with Crippen molar-refractivity contribution in [3.63, 3.8) is 0 Å². The van der Waals surface area contributed by atoms with Crippen LogP contribution in [-0.2, 0) is 0 Å². The molecule has 0 bridgehead atoms. The average molecular weight is 390 g/mol. The number of pyridine rings is 2. The summed E-state index contributed by atoms with van der Waals surface area (Å²) in [4.78, 5) is 9.21. The van der Waals surface area contributed by atoms with E-state index in [1.54, 1.807) is 0 Å². The van der Waals surface area contributed by atoms with Crippen molar-refractivity contribution in [2.75, 3.05) is 0 Å². The molecule has 0 fully saturated rings. The second kappa shape index (κ2) is 8.05. The maximum Gasteiger partial charge on any atom is 0.0702 e. The Morgan fingerprint density at radius 2 is 0.833 bits per heavy atom. The van der Waals surface area contributed by atoms with Crippen molar-refractivity contribution < 1.29 is 0 Å². The minimum absolute atomic E-state index is 0.557. The highest BCUT2D eigenvalue weighted by atomic mass is 14.7. The van der Waals surface area contributed by atoms with E-state index in [0.717, 1.165) is 44.8 Å². The minimum Gasteiger partial charge on any atom is -0.399 e. The van der Waals surface area contributed by atoms with E-state index in [0.29, 0.717) is 11.4 Å². The van der Waals surface area contributed by atoms with Crippen LogP contribution >= 0.6 is 0 Å². The summed E-state index contributed by atoms with van der Waals surface area (Å²) in [6.07, 6.45) is 3.73. The van der Waals surface area contributed by atoms with Gasteiger partial charge in [-0.05, 0) is 23.3 Å². The van der Waals surface area contributed by atoms with Crippen LogP contribution in [0.5, 0.6) is 0 Å². The van der Waals surface area contributed by atoms with Gasteiger partial charge < -0.3 is 11.5 Å². The van der Waals surface area contributed by atoms with Gasteiger partial charge in [-0.1, -0.05) is 73.8 Å². The van der Waals surface area contributed by atoms with Crippen LogP contribution in [0.2, 0.25) is 0 Å². The van der Waals surface area contributed by atoms with Gasteiger partial charge in [0.05, 0.1) is 11.4 Å². The molecule has 0 atom stereocenters. The van der Waals surface area contributed by atoms with E-state index in [9.17, 15) is 0 Å². The number of hydrogen-bond donors (Lipinski definition) is 2. The Labute approximate surface area is 176 Å². The largest absolute Gasteiger partial charge is 0.399 e. The van der Waals surface area contributed by atoms with E-state index in [1.807, 2.05) is 73.1 Å². The summed E-state index contributed by atoms with van der Waals surface area (Å²) in [5.74, 6) is 0. The molecule has 0 unspecified atom stereocenters. The molecule has 0 spiro atoms. The molecule has 2 aromatic carbocycles. The van der Waals surface area contributed by atoms with Crippen molar-refractivity contribution in [2.24, 2.45) is 11.5 Å². The number of nitrogens with zero attached hydrogens (tertiary/aromatic N) is 2. The van der Waals surface area contributed by atoms with Gasteiger partial charge >= 0.3 is 0 Å². The Balaban J connectivity index is 1.53. The van der Waals surface area contributed by atoms with Gasteiger partial charge in [0.2, 0.25) is 0 Å². The first-order chi connectivity index (χ1) is 14.5. The van der Waals surface area contributed by atoms with Gasteiger partial charge in [0, 0.05) is 46.0 Å². The summed E-state index contributed by atoms with van der Waals surface area (Å²) >= 11 is 0. The predicted molar refractivity (Wildman–Crippen MR) is 125 cm³/mol.